The Morgan fingerprint density at radius 2 is 1.60 bits per heavy atom. The Labute approximate surface area is 170 Å². The Hall–Kier alpha value is -3.03. The predicted molar refractivity (Wildman–Crippen MR) is 99.8 cm³/mol. The van der Waals surface area contributed by atoms with E-state index >= 15 is 0 Å². The highest BCUT2D eigenvalue weighted by molar-refractivity contribution is 5.82. The number of ether oxygens (including phenoxy) is 1. The van der Waals surface area contributed by atoms with Gasteiger partial charge in [0.05, 0.1) is 12.0 Å². The number of alkyl halides is 3. The molecule has 1 amide bonds. The van der Waals surface area contributed by atoms with Gasteiger partial charge in [0.1, 0.15) is 12.6 Å². The molecule has 3 aliphatic rings. The van der Waals surface area contributed by atoms with Gasteiger partial charge < -0.3 is 9.84 Å². The highest BCUT2D eigenvalue weighted by atomic mass is 19.4. The first kappa shape index (κ1) is 19.0. The fourth-order valence-corrected chi connectivity index (χ4v) is 5.17. The quantitative estimate of drug-likeness (QED) is 0.810. The molecule has 1 aliphatic heterocycles. The number of aliphatic carboxylic acids is 1. The Kier molecular flexibility index (Phi) is 4.10. The van der Waals surface area contributed by atoms with Crippen LogP contribution in [0.1, 0.15) is 23.5 Å². The second-order valence-electron chi connectivity index (χ2n) is 8.02. The molecular formula is C22H18F3NO4. The summed E-state index contributed by atoms with van der Waals surface area (Å²) in [6.45, 7) is -0.0657. The number of carbonyl (C=O) groups is 2. The number of fused-ring (bicyclic) bond motifs is 4. The lowest BCUT2D eigenvalue weighted by molar-refractivity contribution is -0.162. The van der Waals surface area contributed by atoms with Crippen molar-refractivity contribution in [3.8, 4) is 11.1 Å². The third kappa shape index (κ3) is 2.77. The molecule has 30 heavy (non-hydrogen) atoms. The molecule has 5 rings (SSSR count). The largest absolute Gasteiger partial charge is 0.480 e. The summed E-state index contributed by atoms with van der Waals surface area (Å²) in [6, 6.07) is 13.0. The number of amides is 1. The van der Waals surface area contributed by atoms with Crippen LogP contribution in [0.5, 0.6) is 0 Å². The summed E-state index contributed by atoms with van der Waals surface area (Å²) in [7, 11) is 0. The standard InChI is InChI=1S/C22H18F3NO4/c23-22(24,25)18-15-9-17(20(27)28)26(19(15)18)21(29)30-10-16-13-7-3-1-5-11(13)12-6-2-4-8-14(12)16/h1-8,15-19H,9-10H2,(H,27,28)/t15-,17-,18+,19-/m0/s1. The van der Waals surface area contributed by atoms with E-state index in [1.807, 2.05) is 48.5 Å². The van der Waals surface area contributed by atoms with Gasteiger partial charge in [-0.15, -0.1) is 0 Å². The number of carboxylic acids is 1. The third-order valence-corrected chi connectivity index (χ3v) is 6.49. The van der Waals surface area contributed by atoms with E-state index in [1.54, 1.807) is 0 Å². The number of likely N-dealkylation sites (tertiary alicyclic amines) is 1. The Morgan fingerprint density at radius 1 is 1.03 bits per heavy atom. The van der Waals surface area contributed by atoms with E-state index in [1.165, 1.54) is 0 Å². The van der Waals surface area contributed by atoms with Crippen LogP contribution in [-0.2, 0) is 9.53 Å². The maximum Gasteiger partial charge on any atom is 0.410 e. The molecule has 2 aromatic carbocycles. The van der Waals surface area contributed by atoms with Gasteiger partial charge >= 0.3 is 18.2 Å². The predicted octanol–water partition coefficient (Wildman–Crippen LogP) is 4.27. The van der Waals surface area contributed by atoms with Gasteiger partial charge in [-0.3, -0.25) is 4.90 Å². The Balaban J connectivity index is 1.36. The van der Waals surface area contributed by atoms with Crippen molar-refractivity contribution in [3.63, 3.8) is 0 Å². The first-order valence-corrected chi connectivity index (χ1v) is 9.72. The van der Waals surface area contributed by atoms with Crippen LogP contribution in [0.2, 0.25) is 0 Å². The maximum atomic E-state index is 13.2. The zero-order chi connectivity index (χ0) is 21.2. The topological polar surface area (TPSA) is 66.8 Å². The van der Waals surface area contributed by atoms with Crippen molar-refractivity contribution in [2.45, 2.75) is 30.6 Å². The van der Waals surface area contributed by atoms with Gasteiger partial charge in [-0.1, -0.05) is 48.5 Å². The van der Waals surface area contributed by atoms with Gasteiger partial charge in [-0.25, -0.2) is 9.59 Å². The van der Waals surface area contributed by atoms with E-state index in [4.69, 9.17) is 4.74 Å². The average Bonchev–Trinajstić information content (AvgIpc) is 3.16. The molecule has 4 atom stereocenters. The smallest absolute Gasteiger partial charge is 0.410 e. The summed E-state index contributed by atoms with van der Waals surface area (Å²) in [5.74, 6) is -4.10. The highest BCUT2D eigenvalue weighted by Gasteiger charge is 2.73. The molecule has 1 heterocycles. The third-order valence-electron chi connectivity index (χ3n) is 6.49. The van der Waals surface area contributed by atoms with Crippen molar-refractivity contribution in [2.24, 2.45) is 11.8 Å². The van der Waals surface area contributed by atoms with Crippen LogP contribution in [0.25, 0.3) is 11.1 Å². The number of nitrogens with zero attached hydrogens (tertiary/aromatic N) is 1. The van der Waals surface area contributed by atoms with E-state index in [0.717, 1.165) is 27.2 Å². The molecule has 5 nitrogen and oxygen atoms in total. The number of carbonyl (C=O) groups excluding carboxylic acids is 1. The van der Waals surface area contributed by atoms with Gasteiger partial charge in [0.15, 0.2) is 0 Å². The van der Waals surface area contributed by atoms with Crippen LogP contribution in [0.15, 0.2) is 48.5 Å². The van der Waals surface area contributed by atoms with Gasteiger partial charge in [0, 0.05) is 5.92 Å². The fraction of sp³-hybridized carbons (Fsp3) is 0.364. The lowest BCUT2D eigenvalue weighted by atomic mass is 9.98. The molecule has 2 aliphatic carbocycles. The van der Waals surface area contributed by atoms with E-state index < -0.39 is 42.2 Å². The minimum Gasteiger partial charge on any atom is -0.480 e. The van der Waals surface area contributed by atoms with Crippen LogP contribution in [0, 0.1) is 11.8 Å². The number of piperidine rings is 1. The summed E-state index contributed by atoms with van der Waals surface area (Å²) < 4.78 is 44.9. The summed E-state index contributed by atoms with van der Waals surface area (Å²) in [4.78, 5) is 25.0. The van der Waals surface area contributed by atoms with E-state index in [9.17, 15) is 27.9 Å². The molecule has 0 spiro atoms. The molecule has 0 unspecified atom stereocenters. The monoisotopic (exact) mass is 417 g/mol. The Bertz CT molecular complexity index is 992. The lowest BCUT2D eigenvalue weighted by Gasteiger charge is -2.27. The van der Waals surface area contributed by atoms with Gasteiger partial charge in [0.25, 0.3) is 0 Å². The molecular weight excluding hydrogens is 399 g/mol. The van der Waals surface area contributed by atoms with Crippen LogP contribution in [0.3, 0.4) is 0 Å². The molecule has 156 valence electrons. The molecule has 1 saturated carbocycles. The molecule has 0 bridgehead atoms. The summed E-state index contributed by atoms with van der Waals surface area (Å²) in [5, 5.41) is 9.37. The van der Waals surface area contributed by atoms with Crippen molar-refractivity contribution < 1.29 is 32.6 Å². The maximum absolute atomic E-state index is 13.2. The van der Waals surface area contributed by atoms with Crippen LogP contribution >= 0.6 is 0 Å². The second-order valence-corrected chi connectivity index (χ2v) is 8.02. The summed E-state index contributed by atoms with van der Waals surface area (Å²) in [6.07, 6.45) is -5.65. The van der Waals surface area contributed by atoms with Gasteiger partial charge in [0.2, 0.25) is 0 Å². The number of hydrogen-bond donors (Lipinski definition) is 1. The van der Waals surface area contributed by atoms with Crippen LogP contribution in [0.4, 0.5) is 18.0 Å². The number of benzene rings is 2. The molecule has 0 radical (unpaired) electrons. The van der Waals surface area contributed by atoms with Gasteiger partial charge in [-0.2, -0.15) is 13.2 Å². The minimum absolute atomic E-state index is 0.0657. The summed E-state index contributed by atoms with van der Waals surface area (Å²) >= 11 is 0. The highest BCUT2D eigenvalue weighted by Crippen LogP contribution is 2.60. The zero-order valence-electron chi connectivity index (χ0n) is 15.7. The molecule has 1 N–H and O–H groups in total. The van der Waals surface area contributed by atoms with E-state index in [2.05, 4.69) is 0 Å². The normalized spacial score (nSPS) is 26.7. The van der Waals surface area contributed by atoms with Crippen LogP contribution in [-0.4, -0.2) is 46.9 Å². The van der Waals surface area contributed by atoms with E-state index in [0.29, 0.717) is 0 Å². The van der Waals surface area contributed by atoms with Crippen molar-refractivity contribution >= 4 is 12.1 Å². The number of hydrogen-bond acceptors (Lipinski definition) is 3. The SMILES string of the molecule is O=C(O)[C@@H]1C[C@@H]2[C@@H]([C@@H]2C(F)(F)F)N1C(=O)OCC1c2ccccc2-c2ccccc21. The van der Waals surface area contributed by atoms with Gasteiger partial charge in [-0.05, 0) is 34.6 Å². The first-order valence-electron chi connectivity index (χ1n) is 9.72. The Morgan fingerprint density at radius 3 is 2.13 bits per heavy atom. The molecule has 2 aromatic rings. The molecule has 2 fully saturated rings. The zero-order valence-corrected chi connectivity index (χ0v) is 15.7. The van der Waals surface area contributed by atoms with Crippen molar-refractivity contribution in [3.05, 3.63) is 59.7 Å². The lowest BCUT2D eigenvalue weighted by Crippen LogP contribution is -2.46. The number of carboxylic acid groups (broad SMARTS) is 1. The van der Waals surface area contributed by atoms with Crippen molar-refractivity contribution in [1.29, 1.82) is 0 Å². The number of rotatable bonds is 3. The molecule has 0 aromatic heterocycles. The second kappa shape index (κ2) is 6.48. The molecule has 1 saturated heterocycles. The van der Waals surface area contributed by atoms with Crippen molar-refractivity contribution in [2.75, 3.05) is 6.61 Å². The number of halogens is 3. The van der Waals surface area contributed by atoms with Crippen molar-refractivity contribution in [1.82, 2.24) is 4.90 Å². The summed E-state index contributed by atoms with van der Waals surface area (Å²) in [5.41, 5.74) is 4.00. The fourth-order valence-electron chi connectivity index (χ4n) is 5.17. The average molecular weight is 417 g/mol. The van der Waals surface area contributed by atoms with Crippen LogP contribution < -0.4 is 0 Å². The van der Waals surface area contributed by atoms with E-state index in [-0.39, 0.29) is 18.9 Å². The minimum atomic E-state index is -4.46. The first-order chi connectivity index (χ1) is 14.3. The molecule has 8 heteroatoms.